The van der Waals surface area contributed by atoms with Crippen LogP contribution >= 0.6 is 22.9 Å². The molecule has 2 aromatic carbocycles. The van der Waals surface area contributed by atoms with E-state index in [-0.39, 0.29) is 24.7 Å². The lowest BCUT2D eigenvalue weighted by molar-refractivity contribution is 0.0959. The Balaban J connectivity index is 1.55. The Bertz CT molecular complexity index is 1100. The third-order valence-electron chi connectivity index (χ3n) is 4.07. The van der Waals surface area contributed by atoms with Gasteiger partial charge < -0.3 is 5.32 Å². The minimum absolute atomic E-state index is 0.00674. The standard InChI is InChI=1S/C20H20ClN3O3S2/c1-14-18(28-20(24-14)16-8-5-9-17(21)12-16)19(25)22-10-11-29(26,27)23-13-15-6-3-2-4-7-15/h2-9,12,23H,10-11,13H2,1H3,(H,22,25). The highest BCUT2D eigenvalue weighted by molar-refractivity contribution is 7.89. The summed E-state index contributed by atoms with van der Waals surface area (Å²) in [5.41, 5.74) is 2.29. The molecule has 9 heteroatoms. The molecule has 6 nitrogen and oxygen atoms in total. The highest BCUT2D eigenvalue weighted by Gasteiger charge is 2.17. The highest BCUT2D eigenvalue weighted by atomic mass is 35.5. The Kier molecular flexibility index (Phi) is 7.02. The molecule has 0 aliphatic rings. The molecular weight excluding hydrogens is 430 g/mol. The van der Waals surface area contributed by atoms with Crippen LogP contribution in [0.25, 0.3) is 10.6 Å². The maximum Gasteiger partial charge on any atom is 0.263 e. The molecule has 0 fully saturated rings. The Hall–Kier alpha value is -2.26. The number of nitrogens with zero attached hydrogens (tertiary/aromatic N) is 1. The summed E-state index contributed by atoms with van der Waals surface area (Å²) in [4.78, 5) is 17.3. The van der Waals surface area contributed by atoms with Crippen LogP contribution in [0.1, 0.15) is 20.9 Å². The first-order valence-electron chi connectivity index (χ1n) is 8.87. The van der Waals surface area contributed by atoms with E-state index in [0.29, 0.717) is 20.6 Å². The minimum Gasteiger partial charge on any atom is -0.350 e. The quantitative estimate of drug-likeness (QED) is 0.549. The minimum atomic E-state index is -3.50. The summed E-state index contributed by atoms with van der Waals surface area (Å²) >= 11 is 7.26. The van der Waals surface area contributed by atoms with Crippen LogP contribution in [0.3, 0.4) is 0 Å². The molecule has 0 aliphatic carbocycles. The molecule has 0 spiro atoms. The molecule has 3 rings (SSSR count). The van der Waals surface area contributed by atoms with Crippen molar-refractivity contribution in [1.29, 1.82) is 0 Å². The number of rotatable bonds is 8. The number of benzene rings is 2. The summed E-state index contributed by atoms with van der Waals surface area (Å²) in [6, 6.07) is 16.5. The van der Waals surface area contributed by atoms with Crippen LogP contribution in [0, 0.1) is 6.92 Å². The zero-order valence-electron chi connectivity index (χ0n) is 15.7. The maximum absolute atomic E-state index is 12.5. The zero-order chi connectivity index (χ0) is 20.9. The molecule has 0 radical (unpaired) electrons. The molecule has 0 atom stereocenters. The number of sulfonamides is 1. The van der Waals surface area contributed by atoms with Crippen LogP contribution in [-0.4, -0.2) is 31.6 Å². The van der Waals surface area contributed by atoms with Crippen molar-refractivity contribution in [3.63, 3.8) is 0 Å². The highest BCUT2D eigenvalue weighted by Crippen LogP contribution is 2.29. The molecule has 29 heavy (non-hydrogen) atoms. The van der Waals surface area contributed by atoms with Gasteiger partial charge in [0.1, 0.15) is 9.88 Å². The number of aromatic nitrogens is 1. The summed E-state index contributed by atoms with van der Waals surface area (Å²) in [6.45, 7) is 1.97. The van der Waals surface area contributed by atoms with E-state index >= 15 is 0 Å². The van der Waals surface area contributed by atoms with Crippen LogP contribution < -0.4 is 10.0 Å². The van der Waals surface area contributed by atoms with E-state index in [2.05, 4.69) is 15.0 Å². The average Bonchev–Trinajstić information content (AvgIpc) is 3.09. The second kappa shape index (κ2) is 9.49. The maximum atomic E-state index is 12.5. The average molecular weight is 450 g/mol. The van der Waals surface area contributed by atoms with Crippen molar-refractivity contribution in [3.05, 3.63) is 75.8 Å². The third-order valence-corrected chi connectivity index (χ3v) is 6.84. The van der Waals surface area contributed by atoms with Crippen LogP contribution in [0.2, 0.25) is 5.02 Å². The van der Waals surface area contributed by atoms with Gasteiger partial charge in [-0.2, -0.15) is 0 Å². The number of hydrogen-bond acceptors (Lipinski definition) is 5. The zero-order valence-corrected chi connectivity index (χ0v) is 18.1. The molecule has 1 heterocycles. The van der Waals surface area contributed by atoms with E-state index < -0.39 is 10.0 Å². The number of aryl methyl sites for hydroxylation is 1. The predicted molar refractivity (Wildman–Crippen MR) is 117 cm³/mol. The lowest BCUT2D eigenvalue weighted by atomic mass is 10.2. The van der Waals surface area contributed by atoms with Gasteiger partial charge in [-0.1, -0.05) is 54.1 Å². The smallest absolute Gasteiger partial charge is 0.263 e. The number of amides is 1. The number of carbonyl (C=O) groups excluding carboxylic acids is 1. The van der Waals surface area contributed by atoms with Crippen LogP contribution in [0.5, 0.6) is 0 Å². The van der Waals surface area contributed by atoms with Gasteiger partial charge in [-0.15, -0.1) is 11.3 Å². The first-order chi connectivity index (χ1) is 13.8. The molecular formula is C20H20ClN3O3S2. The molecule has 1 aromatic heterocycles. The SMILES string of the molecule is Cc1nc(-c2cccc(Cl)c2)sc1C(=O)NCCS(=O)(=O)NCc1ccccc1. The topological polar surface area (TPSA) is 88.2 Å². The van der Waals surface area contributed by atoms with Gasteiger partial charge in [0.05, 0.1) is 11.4 Å². The van der Waals surface area contributed by atoms with E-state index in [1.54, 1.807) is 19.1 Å². The Morgan fingerprint density at radius 3 is 2.62 bits per heavy atom. The summed E-state index contributed by atoms with van der Waals surface area (Å²) in [6.07, 6.45) is 0. The fourth-order valence-corrected chi connectivity index (χ4v) is 4.66. The molecule has 0 saturated carbocycles. The summed E-state index contributed by atoms with van der Waals surface area (Å²) in [5, 5.41) is 3.94. The van der Waals surface area contributed by atoms with E-state index in [9.17, 15) is 13.2 Å². The summed E-state index contributed by atoms with van der Waals surface area (Å²) in [5.74, 6) is -0.545. The van der Waals surface area contributed by atoms with E-state index in [4.69, 9.17) is 11.6 Å². The fourth-order valence-electron chi connectivity index (χ4n) is 2.59. The molecule has 3 aromatic rings. The number of halogens is 1. The lowest BCUT2D eigenvalue weighted by Crippen LogP contribution is -2.34. The number of hydrogen-bond donors (Lipinski definition) is 2. The Morgan fingerprint density at radius 1 is 1.14 bits per heavy atom. The van der Waals surface area contributed by atoms with E-state index in [1.165, 1.54) is 11.3 Å². The van der Waals surface area contributed by atoms with Crippen molar-refractivity contribution in [2.75, 3.05) is 12.3 Å². The van der Waals surface area contributed by atoms with Gasteiger partial charge in [-0.3, -0.25) is 4.79 Å². The van der Waals surface area contributed by atoms with Gasteiger partial charge in [-0.05, 0) is 24.6 Å². The van der Waals surface area contributed by atoms with Gasteiger partial charge in [0.15, 0.2) is 0 Å². The first kappa shape index (κ1) is 21.4. The Morgan fingerprint density at radius 2 is 1.90 bits per heavy atom. The molecule has 2 N–H and O–H groups in total. The van der Waals surface area contributed by atoms with Crippen molar-refractivity contribution < 1.29 is 13.2 Å². The molecule has 0 saturated heterocycles. The molecule has 152 valence electrons. The number of nitrogens with one attached hydrogen (secondary N) is 2. The molecule has 0 unspecified atom stereocenters. The number of carbonyl (C=O) groups is 1. The molecule has 0 bridgehead atoms. The summed E-state index contributed by atoms with van der Waals surface area (Å²) in [7, 11) is -3.50. The third kappa shape index (κ3) is 6.11. The summed E-state index contributed by atoms with van der Waals surface area (Å²) < 4.78 is 26.8. The van der Waals surface area contributed by atoms with E-state index in [0.717, 1.165) is 11.1 Å². The monoisotopic (exact) mass is 449 g/mol. The first-order valence-corrected chi connectivity index (χ1v) is 11.7. The van der Waals surface area contributed by atoms with Crippen LogP contribution in [-0.2, 0) is 16.6 Å². The van der Waals surface area contributed by atoms with Crippen LogP contribution in [0.15, 0.2) is 54.6 Å². The van der Waals surface area contributed by atoms with Gasteiger partial charge in [0.2, 0.25) is 10.0 Å². The van der Waals surface area contributed by atoms with Crippen molar-refractivity contribution in [3.8, 4) is 10.6 Å². The lowest BCUT2D eigenvalue weighted by Gasteiger charge is -2.08. The second-order valence-electron chi connectivity index (χ2n) is 6.33. The van der Waals surface area contributed by atoms with Gasteiger partial charge >= 0.3 is 0 Å². The van der Waals surface area contributed by atoms with Gasteiger partial charge in [0.25, 0.3) is 5.91 Å². The van der Waals surface area contributed by atoms with Gasteiger partial charge in [0, 0.05) is 23.7 Å². The van der Waals surface area contributed by atoms with Crippen molar-refractivity contribution >= 4 is 38.9 Å². The number of thiazole rings is 1. The Labute approximate surface area is 179 Å². The fraction of sp³-hybridized carbons (Fsp3) is 0.200. The van der Waals surface area contributed by atoms with Gasteiger partial charge in [-0.25, -0.2) is 18.1 Å². The largest absolute Gasteiger partial charge is 0.350 e. The normalized spacial score (nSPS) is 11.4. The van der Waals surface area contributed by atoms with Crippen molar-refractivity contribution in [2.45, 2.75) is 13.5 Å². The van der Waals surface area contributed by atoms with E-state index in [1.807, 2.05) is 42.5 Å². The van der Waals surface area contributed by atoms with Crippen molar-refractivity contribution in [2.24, 2.45) is 0 Å². The molecule has 0 aliphatic heterocycles. The van der Waals surface area contributed by atoms with Crippen molar-refractivity contribution in [1.82, 2.24) is 15.0 Å². The second-order valence-corrected chi connectivity index (χ2v) is 9.69. The molecule has 1 amide bonds. The van der Waals surface area contributed by atoms with Crippen LogP contribution in [0.4, 0.5) is 0 Å². The predicted octanol–water partition coefficient (Wildman–Crippen LogP) is 3.62.